The minimum absolute atomic E-state index is 0.0254. The van der Waals surface area contributed by atoms with Crippen LogP contribution in [0.4, 0.5) is 4.39 Å². The highest BCUT2D eigenvalue weighted by molar-refractivity contribution is 6.31. The van der Waals surface area contributed by atoms with E-state index in [1.54, 1.807) is 6.92 Å². The Morgan fingerprint density at radius 2 is 2.27 bits per heavy atom. The standard InChI is InChI=1S/C12H15ClFN/c1-12(14)8-15-7-10(12)6-9-4-2-3-5-11(9)13/h2-5,10,15H,6-8H2,1H3. The van der Waals surface area contributed by atoms with Crippen molar-refractivity contribution in [3.8, 4) is 0 Å². The number of benzene rings is 1. The molecule has 1 fully saturated rings. The smallest absolute Gasteiger partial charge is 0.124 e. The van der Waals surface area contributed by atoms with Gasteiger partial charge >= 0.3 is 0 Å². The van der Waals surface area contributed by atoms with Crippen LogP contribution in [0.3, 0.4) is 0 Å². The average Bonchev–Trinajstić information content (AvgIpc) is 2.50. The first kappa shape index (κ1) is 10.9. The summed E-state index contributed by atoms with van der Waals surface area (Å²) in [7, 11) is 0. The van der Waals surface area contributed by atoms with Gasteiger partial charge in [-0.15, -0.1) is 0 Å². The third-order valence-electron chi connectivity index (χ3n) is 3.14. The Hall–Kier alpha value is -0.600. The topological polar surface area (TPSA) is 12.0 Å². The summed E-state index contributed by atoms with van der Waals surface area (Å²) in [6, 6.07) is 7.66. The molecule has 0 radical (unpaired) electrons. The fourth-order valence-electron chi connectivity index (χ4n) is 2.06. The maximum atomic E-state index is 14.0. The molecule has 1 aromatic rings. The number of hydrogen-bond donors (Lipinski definition) is 1. The molecule has 1 aliphatic rings. The van der Waals surface area contributed by atoms with Crippen LogP contribution in [0.5, 0.6) is 0 Å². The Balaban J connectivity index is 2.12. The zero-order valence-electron chi connectivity index (χ0n) is 8.76. The third-order valence-corrected chi connectivity index (χ3v) is 3.51. The number of alkyl halides is 1. The number of rotatable bonds is 2. The summed E-state index contributed by atoms with van der Waals surface area (Å²) in [5, 5.41) is 3.82. The van der Waals surface area contributed by atoms with Gasteiger partial charge in [0.1, 0.15) is 5.67 Å². The molecule has 0 saturated carbocycles. The highest BCUT2D eigenvalue weighted by atomic mass is 35.5. The molecule has 1 N–H and O–H groups in total. The van der Waals surface area contributed by atoms with Crippen LogP contribution in [-0.2, 0) is 6.42 Å². The Morgan fingerprint density at radius 3 is 2.87 bits per heavy atom. The fourth-order valence-corrected chi connectivity index (χ4v) is 2.28. The predicted molar refractivity (Wildman–Crippen MR) is 61.0 cm³/mol. The van der Waals surface area contributed by atoms with Crippen molar-refractivity contribution in [3.05, 3.63) is 34.9 Å². The van der Waals surface area contributed by atoms with Gasteiger partial charge in [-0.05, 0) is 25.0 Å². The summed E-state index contributed by atoms with van der Waals surface area (Å²) in [6.07, 6.45) is 0.708. The molecule has 82 valence electrons. The largest absolute Gasteiger partial charge is 0.313 e. The Bertz CT molecular complexity index is 351. The Morgan fingerprint density at radius 1 is 1.53 bits per heavy atom. The maximum absolute atomic E-state index is 14.0. The molecular formula is C12H15ClFN. The van der Waals surface area contributed by atoms with E-state index in [1.807, 2.05) is 24.3 Å². The molecule has 0 amide bonds. The van der Waals surface area contributed by atoms with E-state index in [2.05, 4.69) is 5.32 Å². The molecule has 0 bridgehead atoms. The van der Waals surface area contributed by atoms with Crippen molar-refractivity contribution in [1.82, 2.24) is 5.32 Å². The molecule has 2 unspecified atom stereocenters. The second-order valence-corrected chi connectivity index (χ2v) is 4.81. The van der Waals surface area contributed by atoms with Crippen molar-refractivity contribution in [2.24, 2.45) is 5.92 Å². The van der Waals surface area contributed by atoms with Gasteiger partial charge in [-0.3, -0.25) is 0 Å². The van der Waals surface area contributed by atoms with E-state index in [-0.39, 0.29) is 5.92 Å². The number of nitrogens with one attached hydrogen (secondary N) is 1. The van der Waals surface area contributed by atoms with Gasteiger partial charge < -0.3 is 5.32 Å². The minimum atomic E-state index is -1.11. The summed E-state index contributed by atoms with van der Waals surface area (Å²) in [4.78, 5) is 0. The van der Waals surface area contributed by atoms with Gasteiger partial charge in [0, 0.05) is 24.0 Å². The Kier molecular flexibility index (Phi) is 2.98. The van der Waals surface area contributed by atoms with Gasteiger partial charge in [0.15, 0.2) is 0 Å². The normalized spacial score (nSPS) is 30.7. The lowest BCUT2D eigenvalue weighted by atomic mass is 9.88. The van der Waals surface area contributed by atoms with Gasteiger partial charge in [0.05, 0.1) is 0 Å². The van der Waals surface area contributed by atoms with Crippen molar-refractivity contribution in [1.29, 1.82) is 0 Å². The van der Waals surface area contributed by atoms with Crippen molar-refractivity contribution in [2.45, 2.75) is 19.0 Å². The van der Waals surface area contributed by atoms with E-state index in [1.165, 1.54) is 0 Å². The van der Waals surface area contributed by atoms with Crippen LogP contribution in [0.1, 0.15) is 12.5 Å². The van der Waals surface area contributed by atoms with Crippen LogP contribution in [0.15, 0.2) is 24.3 Å². The molecule has 2 rings (SSSR count). The maximum Gasteiger partial charge on any atom is 0.124 e. The van der Waals surface area contributed by atoms with E-state index in [4.69, 9.17) is 11.6 Å². The SMILES string of the molecule is CC1(F)CNCC1Cc1ccccc1Cl. The van der Waals surface area contributed by atoms with Crippen molar-refractivity contribution in [2.75, 3.05) is 13.1 Å². The second kappa shape index (κ2) is 4.11. The molecule has 1 heterocycles. The summed E-state index contributed by atoms with van der Waals surface area (Å²) in [6.45, 7) is 2.84. The lowest BCUT2D eigenvalue weighted by molar-refractivity contribution is 0.152. The van der Waals surface area contributed by atoms with Crippen molar-refractivity contribution < 1.29 is 4.39 Å². The quantitative estimate of drug-likeness (QED) is 0.820. The first-order valence-corrected chi connectivity index (χ1v) is 5.60. The lowest BCUT2D eigenvalue weighted by Crippen LogP contribution is -2.30. The summed E-state index contributed by atoms with van der Waals surface area (Å²) < 4.78 is 14.0. The molecule has 15 heavy (non-hydrogen) atoms. The van der Waals surface area contributed by atoms with Crippen LogP contribution in [0, 0.1) is 5.92 Å². The zero-order valence-corrected chi connectivity index (χ0v) is 9.52. The molecule has 1 saturated heterocycles. The van der Waals surface area contributed by atoms with Crippen LogP contribution in [0.25, 0.3) is 0 Å². The third kappa shape index (κ3) is 2.32. The molecule has 1 aliphatic heterocycles. The molecular weight excluding hydrogens is 213 g/mol. The van der Waals surface area contributed by atoms with Crippen LogP contribution >= 0.6 is 11.6 Å². The van der Waals surface area contributed by atoms with Gasteiger partial charge in [0.2, 0.25) is 0 Å². The molecule has 0 spiro atoms. The van der Waals surface area contributed by atoms with Gasteiger partial charge in [-0.2, -0.15) is 0 Å². The van der Waals surface area contributed by atoms with Crippen molar-refractivity contribution >= 4 is 11.6 Å². The van der Waals surface area contributed by atoms with Crippen LogP contribution in [0.2, 0.25) is 5.02 Å². The first-order valence-electron chi connectivity index (χ1n) is 5.22. The highest BCUT2D eigenvalue weighted by Gasteiger charge is 2.38. The van der Waals surface area contributed by atoms with Crippen LogP contribution in [-0.4, -0.2) is 18.8 Å². The van der Waals surface area contributed by atoms with E-state index >= 15 is 0 Å². The summed E-state index contributed by atoms with van der Waals surface area (Å²) in [5.74, 6) is 0.0254. The lowest BCUT2D eigenvalue weighted by Gasteiger charge is -2.21. The summed E-state index contributed by atoms with van der Waals surface area (Å²) in [5.41, 5.74) is -0.0733. The molecule has 2 atom stereocenters. The molecule has 0 aliphatic carbocycles. The molecule has 1 aromatic carbocycles. The van der Waals surface area contributed by atoms with Gasteiger partial charge in [0.25, 0.3) is 0 Å². The number of hydrogen-bond acceptors (Lipinski definition) is 1. The highest BCUT2D eigenvalue weighted by Crippen LogP contribution is 2.30. The zero-order chi connectivity index (χ0) is 10.9. The van der Waals surface area contributed by atoms with Gasteiger partial charge in [-0.1, -0.05) is 29.8 Å². The minimum Gasteiger partial charge on any atom is -0.313 e. The second-order valence-electron chi connectivity index (χ2n) is 4.40. The Labute approximate surface area is 94.6 Å². The van der Waals surface area contributed by atoms with E-state index in [0.717, 1.165) is 17.1 Å². The molecule has 3 heteroatoms. The molecule has 1 nitrogen and oxygen atoms in total. The summed E-state index contributed by atoms with van der Waals surface area (Å²) >= 11 is 6.05. The first-order chi connectivity index (χ1) is 7.09. The monoisotopic (exact) mass is 227 g/mol. The van der Waals surface area contributed by atoms with E-state index in [9.17, 15) is 4.39 Å². The van der Waals surface area contributed by atoms with Crippen molar-refractivity contribution in [3.63, 3.8) is 0 Å². The molecule has 0 aromatic heterocycles. The van der Waals surface area contributed by atoms with Crippen LogP contribution < -0.4 is 5.32 Å². The van der Waals surface area contributed by atoms with Gasteiger partial charge in [-0.25, -0.2) is 4.39 Å². The van der Waals surface area contributed by atoms with E-state index < -0.39 is 5.67 Å². The predicted octanol–water partition coefficient (Wildman–Crippen LogP) is 2.83. The fraction of sp³-hybridized carbons (Fsp3) is 0.500. The number of halogens is 2. The van der Waals surface area contributed by atoms with E-state index in [0.29, 0.717) is 13.0 Å². The average molecular weight is 228 g/mol.